The smallest absolute Gasteiger partial charge is 0.323 e. The summed E-state index contributed by atoms with van der Waals surface area (Å²) in [5.41, 5.74) is 6.06. The zero-order chi connectivity index (χ0) is 28.9. The summed E-state index contributed by atoms with van der Waals surface area (Å²) in [5, 5.41) is 0. The molecular formula is C29H45NO8. The molecule has 0 fully saturated rings. The lowest BCUT2D eigenvalue weighted by molar-refractivity contribution is -0.172. The third-order valence-electron chi connectivity index (χ3n) is 6.38. The van der Waals surface area contributed by atoms with Crippen LogP contribution in [0.2, 0.25) is 0 Å². The van der Waals surface area contributed by atoms with Gasteiger partial charge < -0.3 is 24.7 Å². The molecule has 0 aliphatic rings. The average molecular weight is 536 g/mol. The molecule has 0 radical (unpaired) electrons. The summed E-state index contributed by atoms with van der Waals surface area (Å²) < 4.78 is 21.8. The lowest BCUT2D eigenvalue weighted by Gasteiger charge is -2.27. The quantitative estimate of drug-likeness (QED) is 0.228. The van der Waals surface area contributed by atoms with Crippen LogP contribution in [-0.2, 0) is 35.1 Å². The Hall–Kier alpha value is -2.94. The largest absolute Gasteiger partial charge is 0.458 e. The first-order valence-corrected chi connectivity index (χ1v) is 13.6. The highest BCUT2D eigenvalue weighted by atomic mass is 16.6. The fourth-order valence-corrected chi connectivity index (χ4v) is 3.11. The zero-order valence-corrected chi connectivity index (χ0v) is 24.0. The number of hydrogen-bond acceptors (Lipinski definition) is 9. The van der Waals surface area contributed by atoms with Gasteiger partial charge in [-0.3, -0.25) is 19.2 Å². The van der Waals surface area contributed by atoms with Crippen LogP contribution in [0.15, 0.2) is 18.2 Å². The molecule has 1 rings (SSSR count). The van der Waals surface area contributed by atoms with Crippen LogP contribution < -0.4 is 15.2 Å². The summed E-state index contributed by atoms with van der Waals surface area (Å²) in [7, 11) is 0. The SMILES string of the molecule is CCCCC(=O)Oc1ccc(C[C@H](N)C(=O)O[C@@H](C)C(C)OC(=O)C(C)(C)CC)cc1OC(=O)CCCC. The van der Waals surface area contributed by atoms with Crippen molar-refractivity contribution in [3.63, 3.8) is 0 Å². The summed E-state index contributed by atoms with van der Waals surface area (Å²) in [6, 6.07) is 3.70. The molecule has 9 heteroatoms. The van der Waals surface area contributed by atoms with Crippen molar-refractivity contribution in [2.24, 2.45) is 11.1 Å². The van der Waals surface area contributed by atoms with Crippen molar-refractivity contribution in [1.29, 1.82) is 0 Å². The predicted octanol–water partition coefficient (Wildman–Crippen LogP) is 5.05. The highest BCUT2D eigenvalue weighted by molar-refractivity contribution is 5.78. The van der Waals surface area contributed by atoms with E-state index in [0.29, 0.717) is 24.8 Å². The van der Waals surface area contributed by atoms with E-state index in [2.05, 4.69) is 0 Å². The minimum atomic E-state index is -1.02. The van der Waals surface area contributed by atoms with Gasteiger partial charge in [-0.25, -0.2) is 0 Å². The standard InChI is InChI=1S/C29H45NO8/c1-8-11-13-25(31)37-23-16-15-21(18-24(23)38-26(32)14-12-9-2)17-22(30)27(33)35-19(4)20(5)36-28(34)29(6,7)10-3/h15-16,18-20,22H,8-14,17,30H2,1-7H3/t19-,20?,22-/m0/s1. The van der Waals surface area contributed by atoms with Gasteiger partial charge in [-0.1, -0.05) is 39.7 Å². The van der Waals surface area contributed by atoms with E-state index in [1.165, 1.54) is 6.07 Å². The molecule has 0 aliphatic heterocycles. The first kappa shape index (κ1) is 33.1. The highest BCUT2D eigenvalue weighted by Gasteiger charge is 2.31. The van der Waals surface area contributed by atoms with E-state index in [1.54, 1.807) is 39.8 Å². The minimum Gasteiger partial charge on any atom is -0.458 e. The number of carbonyl (C=O) groups is 4. The van der Waals surface area contributed by atoms with E-state index < -0.39 is 41.6 Å². The second-order valence-electron chi connectivity index (χ2n) is 10.2. The van der Waals surface area contributed by atoms with Crippen molar-refractivity contribution in [3.8, 4) is 11.5 Å². The number of rotatable bonds is 16. The normalized spacial score (nSPS) is 13.7. The van der Waals surface area contributed by atoms with Crippen LogP contribution in [0, 0.1) is 5.41 Å². The predicted molar refractivity (Wildman–Crippen MR) is 144 cm³/mol. The summed E-state index contributed by atoms with van der Waals surface area (Å²) in [5.74, 6) is -1.65. The van der Waals surface area contributed by atoms with Gasteiger partial charge in [-0.05, 0) is 71.1 Å². The molecule has 214 valence electrons. The Morgan fingerprint density at radius 1 is 0.842 bits per heavy atom. The van der Waals surface area contributed by atoms with E-state index in [0.717, 1.165) is 12.8 Å². The molecular weight excluding hydrogens is 490 g/mol. The number of carbonyl (C=O) groups excluding carboxylic acids is 4. The summed E-state index contributed by atoms with van der Waals surface area (Å²) in [6.07, 6.45) is 2.86. The Labute approximate surface area is 226 Å². The molecule has 9 nitrogen and oxygen atoms in total. The van der Waals surface area contributed by atoms with Crippen LogP contribution in [0.5, 0.6) is 11.5 Å². The summed E-state index contributed by atoms with van der Waals surface area (Å²) >= 11 is 0. The first-order valence-electron chi connectivity index (χ1n) is 13.6. The third kappa shape index (κ3) is 11.2. The Kier molecular flexibility index (Phi) is 14.0. The van der Waals surface area contributed by atoms with Crippen molar-refractivity contribution in [1.82, 2.24) is 0 Å². The van der Waals surface area contributed by atoms with Gasteiger partial charge in [0.05, 0.1) is 5.41 Å². The zero-order valence-electron chi connectivity index (χ0n) is 24.0. The molecule has 0 amide bonds. The maximum atomic E-state index is 12.7. The van der Waals surface area contributed by atoms with Gasteiger partial charge in [0.25, 0.3) is 0 Å². The number of unbranched alkanes of at least 4 members (excludes halogenated alkanes) is 2. The van der Waals surface area contributed by atoms with Crippen molar-refractivity contribution < 1.29 is 38.1 Å². The summed E-state index contributed by atoms with van der Waals surface area (Å²) in [6.45, 7) is 12.7. The Morgan fingerprint density at radius 2 is 1.37 bits per heavy atom. The second kappa shape index (κ2) is 16.1. The van der Waals surface area contributed by atoms with E-state index in [9.17, 15) is 19.2 Å². The second-order valence-corrected chi connectivity index (χ2v) is 10.2. The van der Waals surface area contributed by atoms with Crippen LogP contribution in [0.1, 0.15) is 99.0 Å². The first-order chi connectivity index (χ1) is 17.8. The van der Waals surface area contributed by atoms with Gasteiger partial charge in [-0.2, -0.15) is 0 Å². The summed E-state index contributed by atoms with van der Waals surface area (Å²) in [4.78, 5) is 49.4. The van der Waals surface area contributed by atoms with E-state index >= 15 is 0 Å². The van der Waals surface area contributed by atoms with Gasteiger partial charge in [0.2, 0.25) is 0 Å². The number of nitrogens with two attached hydrogens (primary N) is 1. The lowest BCUT2D eigenvalue weighted by atomic mass is 9.90. The van der Waals surface area contributed by atoms with Gasteiger partial charge in [0.1, 0.15) is 18.2 Å². The van der Waals surface area contributed by atoms with E-state index in [-0.39, 0.29) is 36.7 Å². The van der Waals surface area contributed by atoms with Gasteiger partial charge in [-0.15, -0.1) is 0 Å². The van der Waals surface area contributed by atoms with Crippen LogP contribution in [0.4, 0.5) is 0 Å². The lowest BCUT2D eigenvalue weighted by Crippen LogP contribution is -2.40. The fourth-order valence-electron chi connectivity index (χ4n) is 3.11. The highest BCUT2D eigenvalue weighted by Crippen LogP contribution is 2.30. The molecule has 38 heavy (non-hydrogen) atoms. The molecule has 0 aliphatic carbocycles. The molecule has 0 saturated heterocycles. The van der Waals surface area contributed by atoms with Crippen molar-refractivity contribution in [2.75, 3.05) is 0 Å². The van der Waals surface area contributed by atoms with Gasteiger partial charge in [0.15, 0.2) is 11.5 Å². The topological polar surface area (TPSA) is 131 Å². The molecule has 0 heterocycles. The van der Waals surface area contributed by atoms with Crippen LogP contribution >= 0.6 is 0 Å². The van der Waals surface area contributed by atoms with E-state index in [1.807, 2.05) is 20.8 Å². The maximum Gasteiger partial charge on any atom is 0.323 e. The number of benzene rings is 1. The molecule has 3 atom stereocenters. The average Bonchev–Trinajstić information content (AvgIpc) is 2.87. The molecule has 0 bridgehead atoms. The van der Waals surface area contributed by atoms with Crippen molar-refractivity contribution in [3.05, 3.63) is 23.8 Å². The molecule has 2 N–H and O–H groups in total. The monoisotopic (exact) mass is 535 g/mol. The Bertz CT molecular complexity index is 943. The Morgan fingerprint density at radius 3 is 1.89 bits per heavy atom. The van der Waals surface area contributed by atoms with Crippen LogP contribution in [-0.4, -0.2) is 42.1 Å². The minimum absolute atomic E-state index is 0.0894. The molecule has 0 aromatic heterocycles. The molecule has 1 unspecified atom stereocenters. The molecule has 1 aromatic rings. The van der Waals surface area contributed by atoms with Crippen LogP contribution in [0.3, 0.4) is 0 Å². The van der Waals surface area contributed by atoms with Gasteiger partial charge >= 0.3 is 23.9 Å². The molecule has 0 spiro atoms. The van der Waals surface area contributed by atoms with Gasteiger partial charge in [0, 0.05) is 12.8 Å². The van der Waals surface area contributed by atoms with Crippen molar-refractivity contribution in [2.45, 2.75) is 118 Å². The Balaban J connectivity index is 2.90. The maximum absolute atomic E-state index is 12.7. The van der Waals surface area contributed by atoms with Crippen LogP contribution in [0.25, 0.3) is 0 Å². The molecule has 1 aromatic carbocycles. The number of esters is 4. The van der Waals surface area contributed by atoms with E-state index in [4.69, 9.17) is 24.7 Å². The molecule has 0 saturated carbocycles. The number of ether oxygens (including phenoxy) is 4. The van der Waals surface area contributed by atoms with Crippen molar-refractivity contribution >= 4 is 23.9 Å². The third-order valence-corrected chi connectivity index (χ3v) is 6.38. The number of hydrogen-bond donors (Lipinski definition) is 1. The fraction of sp³-hybridized carbons (Fsp3) is 0.655.